The molecule has 5 heavy (non-hydrogen) atoms. The SMILES string of the molecule is [LiH].[MgH2].[Mn].[Mo].[Ni]. The third-order valence-corrected chi connectivity index (χ3v) is 0. The first-order chi connectivity index (χ1) is 0. The van der Waals surface area contributed by atoms with Gasteiger partial charge in [0.1, 0.15) is 0 Å². The van der Waals surface area contributed by atoms with Crippen LogP contribution < -0.4 is 0 Å². The number of rotatable bonds is 0. The normalized spacial score (nSPS) is 0. The average Bonchev–Trinajstić information content (AvgIpc) is 0. The molecular weight excluding hydrogens is 241 g/mol. The van der Waals surface area contributed by atoms with Crippen LogP contribution >= 0.6 is 0 Å². The van der Waals surface area contributed by atoms with Crippen molar-refractivity contribution in [2.24, 2.45) is 0 Å². The third-order valence-electron chi connectivity index (χ3n) is 0. The van der Waals surface area contributed by atoms with E-state index in [0.29, 0.717) is 0 Å². The van der Waals surface area contributed by atoms with Crippen LogP contribution in [0.5, 0.6) is 0 Å². The molecule has 0 aliphatic rings. The predicted octanol–water partition coefficient (Wildman–Crippen LogP) is -1.57. The Morgan fingerprint density at radius 2 is 1.00 bits per heavy atom. The van der Waals surface area contributed by atoms with Crippen LogP contribution in [0.4, 0.5) is 0 Å². The summed E-state index contributed by atoms with van der Waals surface area (Å²) in [6.07, 6.45) is 0. The number of hydrogen-bond donors (Lipinski definition) is 0. The maximum atomic E-state index is 0. The quantitative estimate of drug-likeness (QED) is 0.451. The smallest absolute Gasteiger partial charge is 0 e. The van der Waals surface area contributed by atoms with Crippen LogP contribution in [0.3, 0.4) is 0 Å². The van der Waals surface area contributed by atoms with Crippen LogP contribution in [-0.4, -0.2) is 41.9 Å². The Bertz CT molecular complexity index is 11.6. The van der Waals surface area contributed by atoms with Gasteiger partial charge in [-0.3, -0.25) is 0 Å². The molecule has 0 fully saturated rings. The molecule has 29 valence electrons. The molecule has 0 aromatic carbocycles. The van der Waals surface area contributed by atoms with E-state index in [-0.39, 0.29) is 96.5 Å². The van der Waals surface area contributed by atoms with Crippen LogP contribution in [0.15, 0.2) is 0 Å². The summed E-state index contributed by atoms with van der Waals surface area (Å²) in [7, 11) is 0. The molecule has 0 N–H and O–H groups in total. The van der Waals surface area contributed by atoms with Gasteiger partial charge in [-0.25, -0.2) is 0 Å². The number of hydrogen-bond acceptors (Lipinski definition) is 0. The largest absolute Gasteiger partial charge is 0.316 e. The maximum Gasteiger partial charge on any atom is 0.316 e. The van der Waals surface area contributed by atoms with Crippen LogP contribution in [0.1, 0.15) is 0 Å². The van der Waals surface area contributed by atoms with Crippen molar-refractivity contribution in [1.29, 1.82) is 0 Å². The molecule has 0 spiro atoms. The van der Waals surface area contributed by atoms with Crippen molar-refractivity contribution in [3.8, 4) is 0 Å². The minimum Gasteiger partial charge on any atom is 0 e. The topological polar surface area (TPSA) is 0 Å². The standard InChI is InChI=1S/Li.Mg.Mn.Mo.Ni.3H. The van der Waals surface area contributed by atoms with E-state index in [2.05, 4.69) is 0 Å². The Morgan fingerprint density at radius 3 is 1.00 bits per heavy atom. The van der Waals surface area contributed by atoms with Crippen molar-refractivity contribution in [2.45, 2.75) is 0 Å². The molecule has 0 rings (SSSR count). The molecule has 0 nitrogen and oxygen atoms in total. The second-order valence-electron chi connectivity index (χ2n) is 0. The molecule has 0 bridgehead atoms. The summed E-state index contributed by atoms with van der Waals surface area (Å²) in [6, 6.07) is 0. The van der Waals surface area contributed by atoms with Crippen molar-refractivity contribution >= 4 is 41.9 Å². The maximum absolute atomic E-state index is 0. The van der Waals surface area contributed by atoms with Gasteiger partial charge in [0.15, 0.2) is 0 Å². The van der Waals surface area contributed by atoms with Crippen molar-refractivity contribution < 1.29 is 54.6 Å². The Hall–Kier alpha value is 3.06. The van der Waals surface area contributed by atoms with Gasteiger partial charge in [0.25, 0.3) is 0 Å². The summed E-state index contributed by atoms with van der Waals surface area (Å²) in [4.78, 5) is 0. The first kappa shape index (κ1) is 42.9. The van der Waals surface area contributed by atoms with Gasteiger partial charge in [0.2, 0.25) is 0 Å². The molecule has 0 saturated carbocycles. The summed E-state index contributed by atoms with van der Waals surface area (Å²) in [5, 5.41) is 0. The van der Waals surface area contributed by atoms with Crippen LogP contribution in [-0.2, 0) is 54.6 Å². The fourth-order valence-electron chi connectivity index (χ4n) is 0. The van der Waals surface area contributed by atoms with E-state index in [9.17, 15) is 0 Å². The fraction of sp³-hybridized carbons (Fsp3) is 0. The first-order valence-corrected chi connectivity index (χ1v) is 0. The van der Waals surface area contributed by atoms with Crippen molar-refractivity contribution in [3.05, 3.63) is 0 Å². The first-order valence-electron chi connectivity index (χ1n) is 0. The third kappa shape index (κ3) is 19.3. The van der Waals surface area contributed by atoms with Crippen LogP contribution in [0, 0.1) is 0 Å². The zero-order valence-corrected chi connectivity index (χ0v) is 5.28. The van der Waals surface area contributed by atoms with E-state index in [1.807, 2.05) is 0 Å². The molecule has 0 saturated heterocycles. The van der Waals surface area contributed by atoms with E-state index in [1.54, 1.807) is 0 Å². The van der Waals surface area contributed by atoms with E-state index in [4.69, 9.17) is 0 Å². The van der Waals surface area contributed by atoms with E-state index >= 15 is 0 Å². The van der Waals surface area contributed by atoms with Gasteiger partial charge < -0.3 is 0 Å². The van der Waals surface area contributed by atoms with Gasteiger partial charge >= 0.3 is 41.9 Å². The fourth-order valence-corrected chi connectivity index (χ4v) is 0. The van der Waals surface area contributed by atoms with E-state index in [1.165, 1.54) is 0 Å². The Labute approximate surface area is 95.0 Å². The molecule has 0 aliphatic heterocycles. The summed E-state index contributed by atoms with van der Waals surface area (Å²) in [6.45, 7) is 0. The summed E-state index contributed by atoms with van der Waals surface area (Å²) in [5.41, 5.74) is 0. The van der Waals surface area contributed by atoms with Gasteiger partial charge in [0.05, 0.1) is 0 Å². The zero-order chi connectivity index (χ0) is 0. The van der Waals surface area contributed by atoms with E-state index in [0.717, 1.165) is 0 Å². The second kappa shape index (κ2) is 27.7. The monoisotopic (exact) mass is 245 g/mol. The Balaban J connectivity index is 0. The van der Waals surface area contributed by atoms with Gasteiger partial charge in [-0.2, -0.15) is 0 Å². The van der Waals surface area contributed by atoms with Gasteiger partial charge in [0, 0.05) is 54.6 Å². The molecule has 0 aliphatic carbocycles. The molecule has 0 heterocycles. The van der Waals surface area contributed by atoms with Crippen molar-refractivity contribution in [2.75, 3.05) is 0 Å². The molecule has 0 amide bonds. The van der Waals surface area contributed by atoms with Gasteiger partial charge in [-0.1, -0.05) is 0 Å². The molecule has 5 heteroatoms. The summed E-state index contributed by atoms with van der Waals surface area (Å²) < 4.78 is 0. The van der Waals surface area contributed by atoms with Crippen LogP contribution in [0.2, 0.25) is 0 Å². The van der Waals surface area contributed by atoms with Crippen molar-refractivity contribution in [1.82, 2.24) is 0 Å². The Kier molecular flexibility index (Phi) is 237. The van der Waals surface area contributed by atoms with Crippen molar-refractivity contribution in [3.63, 3.8) is 0 Å². The molecular formula is H3LiMgMnMoNi. The molecule has 0 atom stereocenters. The van der Waals surface area contributed by atoms with E-state index < -0.39 is 0 Å². The summed E-state index contributed by atoms with van der Waals surface area (Å²) in [5.74, 6) is 0. The minimum absolute atomic E-state index is 0. The average molecular weight is 244 g/mol. The zero-order valence-electron chi connectivity index (χ0n) is 1.10. The van der Waals surface area contributed by atoms with Gasteiger partial charge in [-0.05, 0) is 0 Å². The van der Waals surface area contributed by atoms with Gasteiger partial charge in [-0.15, -0.1) is 0 Å². The van der Waals surface area contributed by atoms with Crippen LogP contribution in [0.25, 0.3) is 0 Å². The molecule has 0 aromatic heterocycles. The molecule has 0 aromatic rings. The molecule has 1 radical (unpaired) electrons. The predicted molar refractivity (Wildman–Crippen MR) is 15.7 cm³/mol. The molecule has 0 unspecified atom stereocenters. The summed E-state index contributed by atoms with van der Waals surface area (Å²) >= 11 is 0. The second-order valence-corrected chi connectivity index (χ2v) is 0. The Morgan fingerprint density at radius 1 is 1.00 bits per heavy atom. The minimum atomic E-state index is 0.